The number of carbonyl (C=O) groups is 1. The van der Waals surface area contributed by atoms with E-state index in [4.69, 9.17) is 18.0 Å². The summed E-state index contributed by atoms with van der Waals surface area (Å²) in [4.78, 5) is 14.3. The number of anilines is 1. The van der Waals surface area contributed by atoms with Crippen LogP contribution in [0, 0.1) is 0 Å². The molecule has 98 valence electrons. The Morgan fingerprint density at radius 2 is 2.11 bits per heavy atom. The number of nitrogens with zero attached hydrogens (tertiary/aromatic N) is 1. The van der Waals surface area contributed by atoms with Gasteiger partial charge in [0.1, 0.15) is 4.99 Å². The van der Waals surface area contributed by atoms with Gasteiger partial charge < -0.3 is 11.1 Å². The molecule has 5 heteroatoms. The van der Waals surface area contributed by atoms with E-state index in [1.807, 2.05) is 37.9 Å². The smallest absolute Gasteiger partial charge is 0.241 e. The van der Waals surface area contributed by atoms with Crippen LogP contribution in [0.3, 0.4) is 0 Å². The second-order valence-corrected chi connectivity index (χ2v) is 4.59. The van der Waals surface area contributed by atoms with Gasteiger partial charge >= 0.3 is 0 Å². The van der Waals surface area contributed by atoms with Gasteiger partial charge in [-0.05, 0) is 32.6 Å². The molecule has 0 radical (unpaired) electrons. The minimum Gasteiger partial charge on any atom is -0.389 e. The van der Waals surface area contributed by atoms with Gasteiger partial charge in [0.05, 0.1) is 11.7 Å². The van der Waals surface area contributed by atoms with Crippen LogP contribution in [0.1, 0.15) is 19.4 Å². The van der Waals surface area contributed by atoms with Crippen molar-refractivity contribution in [3.05, 3.63) is 29.8 Å². The summed E-state index contributed by atoms with van der Waals surface area (Å²) in [5.41, 5.74) is 6.97. The predicted molar refractivity (Wildman–Crippen MR) is 78.7 cm³/mol. The minimum absolute atomic E-state index is 0.0666. The van der Waals surface area contributed by atoms with Crippen LogP contribution in [0.25, 0.3) is 0 Å². The Morgan fingerprint density at radius 1 is 1.50 bits per heavy atom. The van der Waals surface area contributed by atoms with E-state index in [0.29, 0.717) is 11.3 Å². The summed E-state index contributed by atoms with van der Waals surface area (Å²) in [6, 6.07) is 7.07. The highest BCUT2D eigenvalue weighted by Gasteiger charge is 2.17. The SMILES string of the molecule is CCN(C)C(C)C(=O)Nc1ccccc1C(N)=S. The van der Waals surface area contributed by atoms with E-state index in [2.05, 4.69) is 5.32 Å². The Labute approximate surface area is 113 Å². The molecule has 1 aromatic carbocycles. The van der Waals surface area contributed by atoms with E-state index >= 15 is 0 Å². The lowest BCUT2D eigenvalue weighted by Gasteiger charge is -2.22. The fourth-order valence-electron chi connectivity index (χ4n) is 1.52. The highest BCUT2D eigenvalue weighted by Crippen LogP contribution is 2.15. The Balaban J connectivity index is 2.85. The summed E-state index contributed by atoms with van der Waals surface area (Å²) >= 11 is 4.96. The molecule has 0 heterocycles. The van der Waals surface area contributed by atoms with Crippen molar-refractivity contribution in [1.82, 2.24) is 4.90 Å². The van der Waals surface area contributed by atoms with Crippen LogP contribution in [0.4, 0.5) is 5.69 Å². The Kier molecular flexibility index (Phi) is 5.25. The zero-order valence-corrected chi connectivity index (χ0v) is 11.8. The van der Waals surface area contributed by atoms with Crippen molar-refractivity contribution in [3.8, 4) is 0 Å². The van der Waals surface area contributed by atoms with Crippen molar-refractivity contribution >= 4 is 28.8 Å². The number of hydrogen-bond acceptors (Lipinski definition) is 3. The molecule has 3 N–H and O–H groups in total. The summed E-state index contributed by atoms with van der Waals surface area (Å²) in [5.74, 6) is -0.0666. The molecule has 0 fully saturated rings. The third-order valence-electron chi connectivity index (χ3n) is 2.99. The van der Waals surface area contributed by atoms with Crippen LogP contribution in [0.5, 0.6) is 0 Å². The van der Waals surface area contributed by atoms with Crippen molar-refractivity contribution in [2.75, 3.05) is 18.9 Å². The van der Waals surface area contributed by atoms with Crippen LogP contribution in [0.15, 0.2) is 24.3 Å². The molecule has 0 saturated heterocycles. The normalized spacial score (nSPS) is 12.2. The number of amides is 1. The van der Waals surface area contributed by atoms with E-state index in [1.54, 1.807) is 12.1 Å². The average molecular weight is 265 g/mol. The molecule has 0 aliphatic heterocycles. The van der Waals surface area contributed by atoms with Crippen LogP contribution >= 0.6 is 12.2 Å². The molecule has 1 aromatic rings. The van der Waals surface area contributed by atoms with Gasteiger partial charge in [-0.1, -0.05) is 31.3 Å². The zero-order chi connectivity index (χ0) is 13.7. The molecule has 1 amide bonds. The number of hydrogen-bond donors (Lipinski definition) is 2. The second kappa shape index (κ2) is 6.47. The lowest BCUT2D eigenvalue weighted by molar-refractivity contribution is -0.120. The molecular formula is C13H19N3OS. The number of benzene rings is 1. The molecule has 0 aliphatic carbocycles. The maximum Gasteiger partial charge on any atom is 0.241 e. The van der Waals surface area contributed by atoms with Crippen molar-refractivity contribution in [2.45, 2.75) is 19.9 Å². The monoisotopic (exact) mass is 265 g/mol. The van der Waals surface area contributed by atoms with Crippen molar-refractivity contribution in [1.29, 1.82) is 0 Å². The van der Waals surface area contributed by atoms with Crippen molar-refractivity contribution < 1.29 is 4.79 Å². The van der Waals surface area contributed by atoms with Gasteiger partial charge in [0.2, 0.25) is 5.91 Å². The van der Waals surface area contributed by atoms with Gasteiger partial charge in [0, 0.05) is 5.56 Å². The Morgan fingerprint density at radius 3 is 2.67 bits per heavy atom. The first kappa shape index (κ1) is 14.6. The fourth-order valence-corrected chi connectivity index (χ4v) is 1.70. The number of carbonyl (C=O) groups excluding carboxylic acids is 1. The molecule has 18 heavy (non-hydrogen) atoms. The third kappa shape index (κ3) is 3.51. The average Bonchev–Trinajstić information content (AvgIpc) is 2.37. The van der Waals surface area contributed by atoms with Gasteiger partial charge in [0.15, 0.2) is 0 Å². The van der Waals surface area contributed by atoms with Crippen LogP contribution in [-0.4, -0.2) is 35.4 Å². The highest BCUT2D eigenvalue weighted by molar-refractivity contribution is 7.80. The molecule has 1 unspecified atom stereocenters. The number of nitrogens with one attached hydrogen (secondary N) is 1. The van der Waals surface area contributed by atoms with Gasteiger partial charge in [-0.25, -0.2) is 0 Å². The first-order valence-electron chi connectivity index (χ1n) is 5.87. The number of para-hydroxylation sites is 1. The van der Waals surface area contributed by atoms with Gasteiger partial charge in [0.25, 0.3) is 0 Å². The number of nitrogens with two attached hydrogens (primary N) is 1. The molecule has 0 aliphatic rings. The first-order chi connectivity index (χ1) is 8.47. The van der Waals surface area contributed by atoms with Crippen molar-refractivity contribution in [2.24, 2.45) is 5.73 Å². The van der Waals surface area contributed by atoms with Crippen LogP contribution in [-0.2, 0) is 4.79 Å². The number of likely N-dealkylation sites (N-methyl/N-ethyl adjacent to an activating group) is 1. The van der Waals surface area contributed by atoms with Crippen LogP contribution < -0.4 is 11.1 Å². The Bertz CT molecular complexity index is 448. The molecule has 0 spiro atoms. The summed E-state index contributed by atoms with van der Waals surface area (Å²) in [6.45, 7) is 4.68. The summed E-state index contributed by atoms with van der Waals surface area (Å²) in [7, 11) is 1.91. The maximum absolute atomic E-state index is 12.1. The summed E-state index contributed by atoms with van der Waals surface area (Å²) in [6.07, 6.45) is 0. The van der Waals surface area contributed by atoms with Crippen LogP contribution in [0.2, 0.25) is 0 Å². The van der Waals surface area contributed by atoms with Gasteiger partial charge in [-0.2, -0.15) is 0 Å². The maximum atomic E-state index is 12.1. The predicted octanol–water partition coefficient (Wildman–Crippen LogP) is 1.60. The van der Waals surface area contributed by atoms with E-state index in [0.717, 1.165) is 6.54 Å². The molecule has 0 aromatic heterocycles. The standard InChI is InChI=1S/C13H19N3OS/c1-4-16(3)9(2)13(17)15-11-8-6-5-7-10(11)12(14)18/h5-9H,4H2,1-3H3,(H2,14,18)(H,15,17). The highest BCUT2D eigenvalue weighted by atomic mass is 32.1. The summed E-state index contributed by atoms with van der Waals surface area (Å²) < 4.78 is 0. The minimum atomic E-state index is -0.200. The van der Waals surface area contributed by atoms with E-state index < -0.39 is 0 Å². The largest absolute Gasteiger partial charge is 0.389 e. The number of rotatable bonds is 5. The first-order valence-corrected chi connectivity index (χ1v) is 6.28. The lowest BCUT2D eigenvalue weighted by Crippen LogP contribution is -2.39. The van der Waals surface area contributed by atoms with E-state index in [9.17, 15) is 4.79 Å². The quantitative estimate of drug-likeness (QED) is 0.794. The fraction of sp³-hybridized carbons (Fsp3) is 0.385. The third-order valence-corrected chi connectivity index (χ3v) is 3.21. The molecule has 0 bridgehead atoms. The summed E-state index contributed by atoms with van der Waals surface area (Å²) in [5, 5.41) is 2.86. The van der Waals surface area contributed by atoms with Crippen molar-refractivity contribution in [3.63, 3.8) is 0 Å². The van der Waals surface area contributed by atoms with Gasteiger partial charge in [-0.15, -0.1) is 0 Å². The zero-order valence-electron chi connectivity index (χ0n) is 10.9. The Hall–Kier alpha value is -1.46. The molecular weight excluding hydrogens is 246 g/mol. The van der Waals surface area contributed by atoms with E-state index in [-0.39, 0.29) is 16.9 Å². The molecule has 1 rings (SSSR count). The second-order valence-electron chi connectivity index (χ2n) is 4.15. The van der Waals surface area contributed by atoms with E-state index in [1.165, 1.54) is 0 Å². The molecule has 1 atom stereocenters. The lowest BCUT2D eigenvalue weighted by atomic mass is 10.1. The number of thiocarbonyl (C=S) groups is 1. The topological polar surface area (TPSA) is 58.4 Å². The molecule has 4 nitrogen and oxygen atoms in total. The molecule has 0 saturated carbocycles. The van der Waals surface area contributed by atoms with Gasteiger partial charge in [-0.3, -0.25) is 9.69 Å².